The van der Waals surface area contributed by atoms with Crippen molar-refractivity contribution in [3.8, 4) is 0 Å². The minimum atomic E-state index is -0.226. The molecule has 2 rings (SSSR count). The molecule has 0 bridgehead atoms. The van der Waals surface area contributed by atoms with Gasteiger partial charge < -0.3 is 15.1 Å². The van der Waals surface area contributed by atoms with Gasteiger partial charge in [0.1, 0.15) is 11.4 Å². The van der Waals surface area contributed by atoms with E-state index in [-0.39, 0.29) is 11.8 Å². The van der Waals surface area contributed by atoms with Gasteiger partial charge in [-0.2, -0.15) is 0 Å². The maximum absolute atomic E-state index is 12.6. The van der Waals surface area contributed by atoms with Crippen LogP contribution in [0.1, 0.15) is 47.2 Å². The largest absolute Gasteiger partial charge is 0.351 e. The molecule has 24 heavy (non-hydrogen) atoms. The number of rotatable bonds is 6. The topological polar surface area (TPSA) is 65.5 Å². The van der Waals surface area contributed by atoms with E-state index in [4.69, 9.17) is 0 Å². The molecule has 1 fully saturated rings. The lowest BCUT2D eigenvalue weighted by Gasteiger charge is -2.30. The zero-order valence-corrected chi connectivity index (χ0v) is 14.9. The first-order chi connectivity index (χ1) is 11.5. The van der Waals surface area contributed by atoms with Gasteiger partial charge in [0.2, 0.25) is 0 Å². The number of nitrogens with zero attached hydrogens (tertiary/aromatic N) is 3. The average molecular weight is 332 g/mol. The summed E-state index contributed by atoms with van der Waals surface area (Å²) in [5.41, 5.74) is 0.654. The van der Waals surface area contributed by atoms with Gasteiger partial charge in [-0.1, -0.05) is 13.0 Å². The van der Waals surface area contributed by atoms with Crippen LogP contribution >= 0.6 is 0 Å². The van der Waals surface area contributed by atoms with Gasteiger partial charge in [-0.15, -0.1) is 0 Å². The maximum Gasteiger partial charge on any atom is 0.272 e. The summed E-state index contributed by atoms with van der Waals surface area (Å²) in [5, 5.41) is 2.85. The van der Waals surface area contributed by atoms with E-state index in [9.17, 15) is 9.59 Å². The van der Waals surface area contributed by atoms with Crippen molar-refractivity contribution in [3.63, 3.8) is 0 Å². The van der Waals surface area contributed by atoms with Gasteiger partial charge in [-0.05, 0) is 58.0 Å². The lowest BCUT2D eigenvalue weighted by atomic mass is 10.00. The number of piperidine rings is 1. The molecule has 2 amide bonds. The van der Waals surface area contributed by atoms with Crippen LogP contribution in [0.5, 0.6) is 0 Å². The third-order valence-electron chi connectivity index (χ3n) is 4.21. The minimum absolute atomic E-state index is 0.0798. The Morgan fingerprint density at radius 2 is 2.08 bits per heavy atom. The predicted octanol–water partition coefficient (Wildman–Crippen LogP) is 1.64. The van der Waals surface area contributed by atoms with Crippen LogP contribution in [-0.4, -0.2) is 66.9 Å². The van der Waals surface area contributed by atoms with E-state index in [0.29, 0.717) is 23.9 Å². The van der Waals surface area contributed by atoms with Crippen molar-refractivity contribution in [1.82, 2.24) is 20.1 Å². The van der Waals surface area contributed by atoms with E-state index in [0.717, 1.165) is 38.9 Å². The lowest BCUT2D eigenvalue weighted by Crippen LogP contribution is -2.39. The predicted molar refractivity (Wildman–Crippen MR) is 94.0 cm³/mol. The summed E-state index contributed by atoms with van der Waals surface area (Å²) in [6, 6.07) is 5.06. The van der Waals surface area contributed by atoms with Gasteiger partial charge in [-0.25, -0.2) is 4.98 Å². The Balaban J connectivity index is 1.95. The first kappa shape index (κ1) is 18.4. The maximum atomic E-state index is 12.6. The summed E-state index contributed by atoms with van der Waals surface area (Å²) in [4.78, 5) is 33.0. The highest BCUT2D eigenvalue weighted by molar-refractivity contribution is 5.96. The Morgan fingerprint density at radius 3 is 2.79 bits per heavy atom. The molecule has 0 spiro atoms. The van der Waals surface area contributed by atoms with Crippen LogP contribution in [-0.2, 0) is 0 Å². The molecular weight excluding hydrogens is 304 g/mol. The number of carbonyl (C=O) groups is 2. The highest BCUT2D eigenvalue weighted by atomic mass is 16.2. The van der Waals surface area contributed by atoms with Gasteiger partial charge in [0.05, 0.1) is 0 Å². The molecule has 1 aromatic heterocycles. The molecule has 1 atom stereocenters. The molecule has 6 heteroatoms. The van der Waals surface area contributed by atoms with E-state index in [1.54, 1.807) is 18.2 Å². The van der Waals surface area contributed by atoms with Crippen LogP contribution < -0.4 is 5.32 Å². The quantitative estimate of drug-likeness (QED) is 0.804. The first-order valence-corrected chi connectivity index (χ1v) is 8.66. The standard InChI is InChI=1S/C18H28N4O2/c1-14-7-5-12-22(13-14)18(24)16-9-4-8-15(20-16)17(23)19-10-6-11-21(2)3/h4,8-9,14H,5-7,10-13H2,1-3H3,(H,19,23). The Hall–Kier alpha value is -1.95. The van der Waals surface area contributed by atoms with Gasteiger partial charge in [0.15, 0.2) is 0 Å². The van der Waals surface area contributed by atoms with E-state index in [2.05, 4.69) is 22.1 Å². The number of carbonyl (C=O) groups excluding carboxylic acids is 2. The number of hydrogen-bond donors (Lipinski definition) is 1. The lowest BCUT2D eigenvalue weighted by molar-refractivity contribution is 0.0677. The van der Waals surface area contributed by atoms with Crippen molar-refractivity contribution in [2.24, 2.45) is 5.92 Å². The number of aromatic nitrogens is 1. The molecule has 1 saturated heterocycles. The second-order valence-electron chi connectivity index (χ2n) is 6.82. The third-order valence-corrected chi connectivity index (χ3v) is 4.21. The Labute approximate surface area is 144 Å². The van der Waals surface area contributed by atoms with Crippen LogP contribution in [0.2, 0.25) is 0 Å². The second-order valence-corrected chi connectivity index (χ2v) is 6.82. The fourth-order valence-corrected chi connectivity index (χ4v) is 2.90. The number of hydrogen-bond acceptors (Lipinski definition) is 4. The SMILES string of the molecule is CC1CCCN(C(=O)c2cccc(C(=O)NCCCN(C)C)n2)C1. The van der Waals surface area contributed by atoms with E-state index in [1.807, 2.05) is 19.0 Å². The zero-order chi connectivity index (χ0) is 17.5. The molecule has 1 aliphatic heterocycles. The molecule has 1 N–H and O–H groups in total. The van der Waals surface area contributed by atoms with Crippen molar-refractivity contribution in [2.45, 2.75) is 26.2 Å². The van der Waals surface area contributed by atoms with E-state index in [1.165, 1.54) is 0 Å². The normalized spacial score (nSPS) is 17.8. The number of nitrogens with one attached hydrogen (secondary N) is 1. The van der Waals surface area contributed by atoms with Crippen molar-refractivity contribution < 1.29 is 9.59 Å². The summed E-state index contributed by atoms with van der Waals surface area (Å²) in [6.45, 7) is 5.21. The zero-order valence-electron chi connectivity index (χ0n) is 14.9. The minimum Gasteiger partial charge on any atom is -0.351 e. The molecule has 0 radical (unpaired) electrons. The van der Waals surface area contributed by atoms with Gasteiger partial charge >= 0.3 is 0 Å². The van der Waals surface area contributed by atoms with Crippen LogP contribution in [0, 0.1) is 5.92 Å². The summed E-state index contributed by atoms with van der Waals surface area (Å²) in [5.74, 6) is 0.213. The van der Waals surface area contributed by atoms with Crippen molar-refractivity contribution in [2.75, 3.05) is 40.3 Å². The van der Waals surface area contributed by atoms with Crippen LogP contribution in [0.4, 0.5) is 0 Å². The van der Waals surface area contributed by atoms with Gasteiger partial charge in [0.25, 0.3) is 11.8 Å². The Bertz CT molecular complexity index is 574. The molecule has 0 aliphatic carbocycles. The molecule has 1 aromatic rings. The summed E-state index contributed by atoms with van der Waals surface area (Å²) in [6.07, 6.45) is 3.06. The highest BCUT2D eigenvalue weighted by Gasteiger charge is 2.23. The summed E-state index contributed by atoms with van der Waals surface area (Å²) < 4.78 is 0. The third kappa shape index (κ3) is 5.30. The van der Waals surface area contributed by atoms with E-state index < -0.39 is 0 Å². The van der Waals surface area contributed by atoms with E-state index >= 15 is 0 Å². The Kier molecular flexibility index (Phi) is 6.73. The molecule has 6 nitrogen and oxygen atoms in total. The van der Waals surface area contributed by atoms with Crippen LogP contribution in [0.3, 0.4) is 0 Å². The second kappa shape index (κ2) is 8.78. The fourth-order valence-electron chi connectivity index (χ4n) is 2.90. The summed E-state index contributed by atoms with van der Waals surface area (Å²) >= 11 is 0. The number of pyridine rings is 1. The molecule has 0 saturated carbocycles. The molecule has 2 heterocycles. The van der Waals surface area contributed by atoms with Gasteiger partial charge in [0, 0.05) is 19.6 Å². The van der Waals surface area contributed by atoms with Crippen molar-refractivity contribution in [3.05, 3.63) is 29.6 Å². The molecular formula is C18H28N4O2. The average Bonchev–Trinajstić information content (AvgIpc) is 2.58. The molecule has 1 unspecified atom stereocenters. The van der Waals surface area contributed by atoms with Crippen LogP contribution in [0.15, 0.2) is 18.2 Å². The fraction of sp³-hybridized carbons (Fsp3) is 0.611. The molecule has 132 valence electrons. The van der Waals surface area contributed by atoms with Gasteiger partial charge in [-0.3, -0.25) is 9.59 Å². The molecule has 1 aliphatic rings. The smallest absolute Gasteiger partial charge is 0.272 e. The monoisotopic (exact) mass is 332 g/mol. The van der Waals surface area contributed by atoms with Crippen LogP contribution in [0.25, 0.3) is 0 Å². The first-order valence-electron chi connectivity index (χ1n) is 8.66. The molecule has 0 aromatic carbocycles. The van der Waals surface area contributed by atoms with Crippen molar-refractivity contribution >= 4 is 11.8 Å². The van der Waals surface area contributed by atoms with Crippen molar-refractivity contribution in [1.29, 1.82) is 0 Å². The number of amides is 2. The highest BCUT2D eigenvalue weighted by Crippen LogP contribution is 2.17. The Morgan fingerprint density at radius 1 is 1.33 bits per heavy atom. The number of likely N-dealkylation sites (tertiary alicyclic amines) is 1. The summed E-state index contributed by atoms with van der Waals surface area (Å²) in [7, 11) is 4.00.